The normalized spacial score (nSPS) is 16.1. The Morgan fingerprint density at radius 2 is 2.28 bits per heavy atom. The van der Waals surface area contributed by atoms with Crippen molar-refractivity contribution in [3.63, 3.8) is 0 Å². The van der Waals surface area contributed by atoms with E-state index in [-0.39, 0.29) is 11.5 Å². The zero-order valence-corrected chi connectivity index (χ0v) is 11.6. The van der Waals surface area contributed by atoms with E-state index in [0.717, 1.165) is 18.9 Å². The molecule has 0 aromatic carbocycles. The third kappa shape index (κ3) is 4.10. The largest absolute Gasteiger partial charge is 0.334 e. The molecule has 1 aliphatic rings. The van der Waals surface area contributed by atoms with Crippen molar-refractivity contribution < 1.29 is 8.42 Å². The van der Waals surface area contributed by atoms with Gasteiger partial charge in [0, 0.05) is 30.7 Å². The zero-order valence-electron chi connectivity index (χ0n) is 10.8. The Hall–Kier alpha value is -0.880. The van der Waals surface area contributed by atoms with Gasteiger partial charge in [-0.1, -0.05) is 6.92 Å². The Balaban J connectivity index is 1.79. The van der Waals surface area contributed by atoms with E-state index >= 15 is 0 Å². The van der Waals surface area contributed by atoms with Crippen LogP contribution in [0.1, 0.15) is 32.0 Å². The summed E-state index contributed by atoms with van der Waals surface area (Å²) >= 11 is 0. The molecule has 0 unspecified atom stereocenters. The van der Waals surface area contributed by atoms with Crippen LogP contribution >= 0.6 is 0 Å². The molecule has 0 atom stereocenters. The van der Waals surface area contributed by atoms with Gasteiger partial charge in [-0.3, -0.25) is 0 Å². The van der Waals surface area contributed by atoms with Gasteiger partial charge in [-0.15, -0.1) is 0 Å². The minimum atomic E-state index is -2.85. The third-order valence-corrected chi connectivity index (χ3v) is 5.01. The number of sulfone groups is 1. The number of hydrogen-bond donors (Lipinski definition) is 1. The van der Waals surface area contributed by atoms with Gasteiger partial charge in [0.15, 0.2) is 0 Å². The van der Waals surface area contributed by atoms with Crippen molar-refractivity contribution in [1.82, 2.24) is 14.9 Å². The van der Waals surface area contributed by atoms with Crippen molar-refractivity contribution in [2.24, 2.45) is 0 Å². The van der Waals surface area contributed by atoms with Crippen molar-refractivity contribution in [3.8, 4) is 0 Å². The summed E-state index contributed by atoms with van der Waals surface area (Å²) in [5.41, 5.74) is 0. The molecule has 0 spiro atoms. The number of nitrogens with one attached hydrogen (secondary N) is 1. The molecule has 18 heavy (non-hydrogen) atoms. The molecule has 0 amide bonds. The maximum absolute atomic E-state index is 11.4. The SMILES string of the molecule is CCS(=O)(=O)CCCn1ccnc1CNC1CC1. The van der Waals surface area contributed by atoms with E-state index in [1.165, 1.54) is 12.8 Å². The number of hydrogen-bond acceptors (Lipinski definition) is 4. The maximum atomic E-state index is 11.4. The van der Waals surface area contributed by atoms with Crippen molar-refractivity contribution in [3.05, 3.63) is 18.2 Å². The summed E-state index contributed by atoms with van der Waals surface area (Å²) in [5, 5.41) is 3.42. The monoisotopic (exact) mass is 271 g/mol. The van der Waals surface area contributed by atoms with Gasteiger partial charge in [0.1, 0.15) is 15.7 Å². The first-order valence-electron chi connectivity index (χ1n) is 6.54. The molecule has 1 saturated carbocycles. The molecule has 1 aliphatic carbocycles. The van der Waals surface area contributed by atoms with Crippen LogP contribution in [0.15, 0.2) is 12.4 Å². The van der Waals surface area contributed by atoms with Crippen LogP contribution in [0.25, 0.3) is 0 Å². The molecule has 0 radical (unpaired) electrons. The van der Waals surface area contributed by atoms with Gasteiger partial charge < -0.3 is 9.88 Å². The molecule has 1 heterocycles. The van der Waals surface area contributed by atoms with E-state index in [1.54, 1.807) is 13.1 Å². The minimum absolute atomic E-state index is 0.229. The van der Waals surface area contributed by atoms with Gasteiger partial charge in [0.05, 0.1) is 12.3 Å². The molecule has 1 aromatic heterocycles. The molecular weight excluding hydrogens is 250 g/mol. The highest BCUT2D eigenvalue weighted by molar-refractivity contribution is 7.91. The molecule has 2 rings (SSSR count). The van der Waals surface area contributed by atoms with E-state index < -0.39 is 9.84 Å². The molecule has 0 aliphatic heterocycles. The number of aryl methyl sites for hydroxylation is 1. The lowest BCUT2D eigenvalue weighted by molar-refractivity contribution is 0.571. The first-order chi connectivity index (χ1) is 8.61. The highest BCUT2D eigenvalue weighted by atomic mass is 32.2. The van der Waals surface area contributed by atoms with Crippen LogP contribution in [-0.2, 0) is 22.9 Å². The standard InChI is InChI=1S/C12H21N3O2S/c1-2-18(16,17)9-3-7-15-8-6-13-12(15)10-14-11-4-5-11/h6,8,11,14H,2-5,7,9-10H2,1H3. The van der Waals surface area contributed by atoms with Crippen LogP contribution in [0.5, 0.6) is 0 Å². The van der Waals surface area contributed by atoms with Gasteiger partial charge in [0.2, 0.25) is 0 Å². The van der Waals surface area contributed by atoms with Crippen LogP contribution in [0.3, 0.4) is 0 Å². The van der Waals surface area contributed by atoms with Crippen molar-refractivity contribution in [1.29, 1.82) is 0 Å². The third-order valence-electron chi connectivity index (χ3n) is 3.22. The Morgan fingerprint density at radius 3 is 2.94 bits per heavy atom. The second-order valence-electron chi connectivity index (χ2n) is 4.78. The van der Waals surface area contributed by atoms with Crippen molar-refractivity contribution in [2.45, 2.75) is 45.3 Å². The Morgan fingerprint density at radius 1 is 1.50 bits per heavy atom. The first kappa shape index (κ1) is 13.5. The molecular formula is C12H21N3O2S. The smallest absolute Gasteiger partial charge is 0.150 e. The van der Waals surface area contributed by atoms with Gasteiger partial charge in [0.25, 0.3) is 0 Å². The zero-order chi connectivity index (χ0) is 13.0. The lowest BCUT2D eigenvalue weighted by atomic mass is 10.4. The van der Waals surface area contributed by atoms with Gasteiger partial charge in [-0.2, -0.15) is 0 Å². The van der Waals surface area contributed by atoms with Crippen LogP contribution in [-0.4, -0.2) is 35.5 Å². The fraction of sp³-hybridized carbons (Fsp3) is 0.750. The molecule has 5 nitrogen and oxygen atoms in total. The highest BCUT2D eigenvalue weighted by Crippen LogP contribution is 2.19. The molecule has 102 valence electrons. The predicted octanol–water partition coefficient (Wildman–Crippen LogP) is 0.960. The maximum Gasteiger partial charge on any atom is 0.150 e. The Labute approximate surface area is 109 Å². The average molecular weight is 271 g/mol. The lowest BCUT2D eigenvalue weighted by Crippen LogP contribution is -2.19. The molecule has 6 heteroatoms. The van der Waals surface area contributed by atoms with Crippen molar-refractivity contribution in [2.75, 3.05) is 11.5 Å². The topological polar surface area (TPSA) is 64.0 Å². The van der Waals surface area contributed by atoms with Crippen LogP contribution in [0.4, 0.5) is 0 Å². The van der Waals surface area contributed by atoms with Gasteiger partial charge >= 0.3 is 0 Å². The number of imidazole rings is 1. The van der Waals surface area contributed by atoms with E-state index in [0.29, 0.717) is 12.5 Å². The number of rotatable bonds is 8. The summed E-state index contributed by atoms with van der Waals surface area (Å²) < 4.78 is 24.8. The second-order valence-corrected chi connectivity index (χ2v) is 7.25. The highest BCUT2D eigenvalue weighted by Gasteiger charge is 2.20. The minimum Gasteiger partial charge on any atom is -0.334 e. The Bertz CT molecular complexity index is 477. The van der Waals surface area contributed by atoms with Crippen LogP contribution in [0.2, 0.25) is 0 Å². The first-order valence-corrected chi connectivity index (χ1v) is 8.36. The number of nitrogens with zero attached hydrogens (tertiary/aromatic N) is 2. The van der Waals surface area contributed by atoms with Gasteiger partial charge in [-0.25, -0.2) is 13.4 Å². The van der Waals surface area contributed by atoms with E-state index in [9.17, 15) is 8.42 Å². The summed E-state index contributed by atoms with van der Waals surface area (Å²) in [7, 11) is -2.85. The summed E-state index contributed by atoms with van der Waals surface area (Å²) in [6, 6.07) is 0.663. The molecule has 0 bridgehead atoms. The molecule has 1 fully saturated rings. The summed E-state index contributed by atoms with van der Waals surface area (Å²) in [6.45, 7) is 3.19. The molecule has 0 saturated heterocycles. The van der Waals surface area contributed by atoms with E-state index in [4.69, 9.17) is 0 Å². The number of aromatic nitrogens is 2. The predicted molar refractivity (Wildman–Crippen MR) is 71.0 cm³/mol. The summed E-state index contributed by atoms with van der Waals surface area (Å²) in [4.78, 5) is 4.30. The van der Waals surface area contributed by atoms with E-state index in [1.807, 2.05) is 10.8 Å². The van der Waals surface area contributed by atoms with E-state index in [2.05, 4.69) is 10.3 Å². The quantitative estimate of drug-likeness (QED) is 0.765. The fourth-order valence-corrected chi connectivity index (χ4v) is 2.69. The van der Waals surface area contributed by atoms with Gasteiger partial charge in [-0.05, 0) is 19.3 Å². The molecule has 1 aromatic rings. The summed E-state index contributed by atoms with van der Waals surface area (Å²) in [5.74, 6) is 1.49. The lowest BCUT2D eigenvalue weighted by Gasteiger charge is -2.08. The summed E-state index contributed by atoms with van der Waals surface area (Å²) in [6.07, 6.45) is 6.87. The second kappa shape index (κ2) is 5.84. The Kier molecular flexibility index (Phi) is 4.40. The average Bonchev–Trinajstić information content (AvgIpc) is 3.07. The molecule has 1 N–H and O–H groups in total. The van der Waals surface area contributed by atoms with Crippen LogP contribution < -0.4 is 5.32 Å². The van der Waals surface area contributed by atoms with Crippen LogP contribution in [0, 0.1) is 0 Å². The fourth-order valence-electron chi connectivity index (χ4n) is 1.83. The van der Waals surface area contributed by atoms with Crippen molar-refractivity contribution >= 4 is 9.84 Å².